The van der Waals surface area contributed by atoms with Crippen LogP contribution in [0, 0.1) is 0 Å². The molecule has 0 saturated carbocycles. The quantitative estimate of drug-likeness (QED) is 0.542. The first-order valence-electron chi connectivity index (χ1n) is 8.15. The molecule has 144 valence electrons. The van der Waals surface area contributed by atoms with Crippen LogP contribution < -0.4 is 16.0 Å². The number of amides is 3. The third kappa shape index (κ3) is 5.66. The maximum Gasteiger partial charge on any atom is 0.320 e. The van der Waals surface area contributed by atoms with Gasteiger partial charge in [0.05, 0.1) is 0 Å². The van der Waals surface area contributed by atoms with Crippen molar-refractivity contribution in [2.24, 2.45) is 0 Å². The summed E-state index contributed by atoms with van der Waals surface area (Å²) in [6.45, 7) is 0.614. The normalized spacial score (nSPS) is 10.4. The molecule has 3 aromatic rings. The fourth-order valence-electron chi connectivity index (χ4n) is 2.22. The van der Waals surface area contributed by atoms with E-state index in [-0.39, 0.29) is 10.7 Å². The van der Waals surface area contributed by atoms with Crippen LogP contribution in [-0.4, -0.2) is 21.5 Å². The molecule has 0 bridgehead atoms. The number of nitrogens with zero attached hydrogens (tertiary/aromatic N) is 2. The lowest BCUT2D eigenvalue weighted by Crippen LogP contribution is -2.30. The summed E-state index contributed by atoms with van der Waals surface area (Å²) in [5.41, 5.74) is 1.83. The summed E-state index contributed by atoms with van der Waals surface area (Å²) in [5, 5.41) is 13.3. The van der Waals surface area contributed by atoms with Crippen molar-refractivity contribution in [1.82, 2.24) is 20.2 Å². The smallest absolute Gasteiger partial charge is 0.320 e. The molecule has 7 nitrogen and oxygen atoms in total. The molecule has 3 rings (SSSR count). The zero-order valence-corrected chi connectivity index (χ0v) is 16.7. The summed E-state index contributed by atoms with van der Waals surface area (Å²) in [7, 11) is 0. The topological polar surface area (TPSA) is 96.0 Å². The molecule has 2 aromatic carbocycles. The third-order valence-corrected chi connectivity index (χ3v) is 4.81. The van der Waals surface area contributed by atoms with Crippen LogP contribution in [0.25, 0.3) is 0 Å². The van der Waals surface area contributed by atoms with E-state index in [1.165, 1.54) is 0 Å². The molecule has 1 aromatic heterocycles. The predicted octanol–water partition coefficient (Wildman–Crippen LogP) is 4.10. The largest absolute Gasteiger partial charge is 0.346 e. The SMILES string of the molecule is O=C(NCc1ccc(Cl)cc1)Nc1snnc1C(=O)NCc1ccc(Cl)cc1. The van der Waals surface area contributed by atoms with Gasteiger partial charge in [-0.25, -0.2) is 4.79 Å². The highest BCUT2D eigenvalue weighted by atomic mass is 35.5. The zero-order chi connectivity index (χ0) is 19.9. The molecular weight excluding hydrogens is 421 g/mol. The van der Waals surface area contributed by atoms with E-state index in [0.29, 0.717) is 23.1 Å². The van der Waals surface area contributed by atoms with Crippen LogP contribution in [0.1, 0.15) is 21.6 Å². The Morgan fingerprint density at radius 3 is 1.96 bits per heavy atom. The number of halogens is 2. The minimum Gasteiger partial charge on any atom is -0.346 e. The van der Waals surface area contributed by atoms with E-state index in [0.717, 1.165) is 22.7 Å². The Bertz CT molecular complexity index is 961. The molecule has 10 heteroatoms. The average Bonchev–Trinajstić information content (AvgIpc) is 3.15. The van der Waals surface area contributed by atoms with Crippen LogP contribution >= 0.6 is 34.7 Å². The molecule has 0 fully saturated rings. The molecule has 0 aliphatic carbocycles. The molecule has 0 aliphatic heterocycles. The van der Waals surface area contributed by atoms with Crippen molar-refractivity contribution in [1.29, 1.82) is 0 Å². The van der Waals surface area contributed by atoms with Crippen molar-refractivity contribution in [3.8, 4) is 0 Å². The van der Waals surface area contributed by atoms with Gasteiger partial charge in [-0.1, -0.05) is 52.0 Å². The van der Waals surface area contributed by atoms with Crippen molar-refractivity contribution >= 4 is 51.7 Å². The summed E-state index contributed by atoms with van der Waals surface area (Å²) in [6, 6.07) is 13.7. The highest BCUT2D eigenvalue weighted by molar-refractivity contribution is 7.10. The second-order valence-corrected chi connectivity index (χ2v) is 7.32. The summed E-state index contributed by atoms with van der Waals surface area (Å²) in [6.07, 6.45) is 0. The van der Waals surface area contributed by atoms with E-state index < -0.39 is 11.9 Å². The molecule has 0 spiro atoms. The summed E-state index contributed by atoms with van der Waals surface area (Å²) in [4.78, 5) is 24.4. The summed E-state index contributed by atoms with van der Waals surface area (Å²) >= 11 is 12.6. The number of urea groups is 1. The number of rotatable bonds is 6. The highest BCUT2D eigenvalue weighted by Crippen LogP contribution is 2.18. The van der Waals surface area contributed by atoms with Crippen LogP contribution in [0.2, 0.25) is 10.0 Å². The minimum atomic E-state index is -0.465. The Labute approximate surface area is 175 Å². The average molecular weight is 436 g/mol. The molecule has 0 unspecified atom stereocenters. The lowest BCUT2D eigenvalue weighted by atomic mass is 10.2. The lowest BCUT2D eigenvalue weighted by Gasteiger charge is -2.08. The Hall–Kier alpha value is -2.68. The molecule has 0 saturated heterocycles. The van der Waals surface area contributed by atoms with E-state index in [2.05, 4.69) is 25.5 Å². The minimum absolute atomic E-state index is 0.0561. The number of aromatic nitrogens is 2. The van der Waals surface area contributed by atoms with Gasteiger partial charge in [-0.3, -0.25) is 10.1 Å². The van der Waals surface area contributed by atoms with Crippen LogP contribution in [0.5, 0.6) is 0 Å². The van der Waals surface area contributed by atoms with Gasteiger partial charge in [0.1, 0.15) is 0 Å². The maximum atomic E-state index is 12.3. The first-order chi connectivity index (χ1) is 13.5. The van der Waals surface area contributed by atoms with Crippen molar-refractivity contribution in [3.05, 3.63) is 75.4 Å². The number of benzene rings is 2. The number of hydrogen-bond acceptors (Lipinski definition) is 5. The third-order valence-electron chi connectivity index (χ3n) is 3.66. The Morgan fingerprint density at radius 1 is 0.857 bits per heavy atom. The van der Waals surface area contributed by atoms with E-state index >= 15 is 0 Å². The van der Waals surface area contributed by atoms with Gasteiger partial charge in [-0.05, 0) is 35.4 Å². The van der Waals surface area contributed by atoms with Crippen molar-refractivity contribution in [2.75, 3.05) is 5.32 Å². The predicted molar refractivity (Wildman–Crippen MR) is 110 cm³/mol. The van der Waals surface area contributed by atoms with Gasteiger partial charge in [0.25, 0.3) is 5.91 Å². The first-order valence-corrected chi connectivity index (χ1v) is 9.68. The fraction of sp³-hybridized carbons (Fsp3) is 0.111. The molecule has 28 heavy (non-hydrogen) atoms. The molecule has 1 heterocycles. The van der Waals surface area contributed by atoms with Gasteiger partial charge in [0.15, 0.2) is 10.7 Å². The standard InChI is InChI=1S/C18H15Cl2N5O2S/c19-13-5-1-11(2-6-13)9-21-16(26)15-17(28-25-24-15)23-18(27)22-10-12-3-7-14(20)8-4-12/h1-8H,9-10H2,(H,21,26)(H2,22,23,27). The van der Waals surface area contributed by atoms with Crippen molar-refractivity contribution in [3.63, 3.8) is 0 Å². The molecular formula is C18H15Cl2N5O2S. The van der Waals surface area contributed by atoms with Gasteiger partial charge in [-0.15, -0.1) is 5.10 Å². The second kappa shape index (κ2) is 9.50. The van der Waals surface area contributed by atoms with E-state index in [4.69, 9.17) is 23.2 Å². The number of carbonyl (C=O) groups is 2. The number of carbonyl (C=O) groups excluding carboxylic acids is 2. The Morgan fingerprint density at radius 2 is 1.39 bits per heavy atom. The van der Waals surface area contributed by atoms with Crippen molar-refractivity contribution < 1.29 is 9.59 Å². The van der Waals surface area contributed by atoms with E-state index in [1.54, 1.807) is 24.3 Å². The monoisotopic (exact) mass is 435 g/mol. The highest BCUT2D eigenvalue weighted by Gasteiger charge is 2.18. The Kier molecular flexibility index (Phi) is 6.80. The van der Waals surface area contributed by atoms with Gasteiger partial charge in [-0.2, -0.15) is 0 Å². The van der Waals surface area contributed by atoms with Crippen LogP contribution in [0.4, 0.5) is 9.80 Å². The number of nitrogens with one attached hydrogen (secondary N) is 3. The molecule has 0 aliphatic rings. The molecule has 0 radical (unpaired) electrons. The zero-order valence-electron chi connectivity index (χ0n) is 14.4. The van der Waals surface area contributed by atoms with Crippen LogP contribution in [0.15, 0.2) is 48.5 Å². The molecule has 0 atom stereocenters. The summed E-state index contributed by atoms with van der Waals surface area (Å²) < 4.78 is 3.75. The molecule has 3 N–H and O–H groups in total. The second-order valence-electron chi connectivity index (χ2n) is 5.69. The number of hydrogen-bond donors (Lipinski definition) is 3. The maximum absolute atomic E-state index is 12.3. The fourth-order valence-corrected chi connectivity index (χ4v) is 3.04. The Balaban J connectivity index is 1.53. The number of anilines is 1. The first kappa shape index (κ1) is 20.1. The lowest BCUT2D eigenvalue weighted by molar-refractivity contribution is 0.0947. The van der Waals surface area contributed by atoms with Crippen LogP contribution in [-0.2, 0) is 13.1 Å². The van der Waals surface area contributed by atoms with Crippen LogP contribution in [0.3, 0.4) is 0 Å². The van der Waals surface area contributed by atoms with Gasteiger partial charge >= 0.3 is 6.03 Å². The van der Waals surface area contributed by atoms with Gasteiger partial charge in [0, 0.05) is 34.7 Å². The molecule has 3 amide bonds. The van der Waals surface area contributed by atoms with E-state index in [9.17, 15) is 9.59 Å². The van der Waals surface area contributed by atoms with Gasteiger partial charge < -0.3 is 10.6 Å². The van der Waals surface area contributed by atoms with Gasteiger partial charge in [0.2, 0.25) is 0 Å². The summed E-state index contributed by atoms with van der Waals surface area (Å²) in [5.74, 6) is -0.434. The van der Waals surface area contributed by atoms with Crippen molar-refractivity contribution in [2.45, 2.75) is 13.1 Å². The van der Waals surface area contributed by atoms with E-state index in [1.807, 2.05) is 24.3 Å².